The number of H-pyrrole nitrogens is 1. The van der Waals surface area contributed by atoms with Crippen LogP contribution in [0, 0.1) is 29.2 Å². The summed E-state index contributed by atoms with van der Waals surface area (Å²) in [6.45, 7) is 0.381. The number of benzene rings is 2. The maximum absolute atomic E-state index is 14.5. The fourth-order valence-corrected chi connectivity index (χ4v) is 11.1. The number of nitrogens with one attached hydrogen (secondary N) is 4. The van der Waals surface area contributed by atoms with Crippen LogP contribution in [0.3, 0.4) is 0 Å². The van der Waals surface area contributed by atoms with Gasteiger partial charge in [0.05, 0.1) is 11.6 Å². The number of hydrogen-bond donors (Lipinski definition) is 4. The Labute approximate surface area is 493 Å². The Hall–Kier alpha value is -5.68. The van der Waals surface area contributed by atoms with Crippen molar-refractivity contribution >= 4 is 88.3 Å². The highest BCUT2D eigenvalue weighted by atomic mass is 127. The van der Waals surface area contributed by atoms with Gasteiger partial charge >= 0.3 is 30.1 Å². The van der Waals surface area contributed by atoms with Gasteiger partial charge in [-0.2, -0.15) is 26.3 Å². The zero-order valence-electron chi connectivity index (χ0n) is 45.3. The van der Waals surface area contributed by atoms with Gasteiger partial charge in [0, 0.05) is 69.8 Å². The molecule has 10 rings (SSSR count). The van der Waals surface area contributed by atoms with Crippen molar-refractivity contribution in [2.45, 2.75) is 113 Å². The summed E-state index contributed by atoms with van der Waals surface area (Å²) in [7, 11) is 0. The first kappa shape index (κ1) is 65.5. The monoisotopic (exact) mass is 1320 g/mol. The van der Waals surface area contributed by atoms with Gasteiger partial charge in [-0.15, -0.1) is 24.8 Å². The van der Waals surface area contributed by atoms with E-state index >= 15 is 0 Å². The summed E-state index contributed by atoms with van der Waals surface area (Å²) in [6, 6.07) is 9.04. The van der Waals surface area contributed by atoms with Crippen LogP contribution in [-0.4, -0.2) is 152 Å². The number of carbonyl (C=O) groups excluding carboxylic acids is 4. The van der Waals surface area contributed by atoms with E-state index in [4.69, 9.17) is 1.37 Å². The second-order valence-corrected chi connectivity index (χ2v) is 20.3. The first-order valence-corrected chi connectivity index (χ1v) is 27.6. The van der Waals surface area contributed by atoms with Gasteiger partial charge in [0.2, 0.25) is 11.8 Å². The van der Waals surface area contributed by atoms with Crippen LogP contribution in [-0.2, 0) is 9.59 Å². The van der Waals surface area contributed by atoms with Crippen molar-refractivity contribution in [2.75, 3.05) is 57.3 Å². The highest BCUT2D eigenvalue weighted by Gasteiger charge is 2.43. The molecular weight excluding hydrogens is 1260 g/mol. The number of urea groups is 2. The number of aromatic nitrogens is 3. The van der Waals surface area contributed by atoms with E-state index in [1.807, 2.05) is 33.6 Å². The highest BCUT2D eigenvalue weighted by molar-refractivity contribution is 14.1. The fourth-order valence-electron chi connectivity index (χ4n) is 11.1. The van der Waals surface area contributed by atoms with Gasteiger partial charge in [0.15, 0.2) is 28.9 Å². The molecule has 0 bridgehead atoms. The Kier molecular flexibility index (Phi) is 23.7. The van der Waals surface area contributed by atoms with Crippen molar-refractivity contribution in [3.05, 3.63) is 112 Å². The number of nitrogens with zero attached hydrogens (tertiary/aromatic N) is 7. The maximum Gasteiger partial charge on any atom is 0.406 e. The highest BCUT2D eigenvalue weighted by Crippen LogP contribution is 2.35. The average Bonchev–Trinajstić information content (AvgIpc) is 4.13. The number of alkyl halides is 7. The quantitative estimate of drug-likeness (QED) is 0.0808. The Bertz CT molecular complexity index is 2980. The number of likely N-dealkylation sites (tertiary alicyclic amines) is 3. The number of pyridine rings is 1. The Morgan fingerprint density at radius 3 is 1.89 bits per heavy atom. The number of carbonyl (C=O) groups is 4. The molecule has 0 saturated carbocycles. The third kappa shape index (κ3) is 16.8. The molecule has 2 aromatic heterocycles. The van der Waals surface area contributed by atoms with Gasteiger partial charge in [0.1, 0.15) is 25.0 Å². The number of aromatic amines is 1. The van der Waals surface area contributed by atoms with Crippen LogP contribution in [0.15, 0.2) is 76.8 Å². The van der Waals surface area contributed by atoms with Crippen LogP contribution in [0.4, 0.5) is 53.5 Å². The van der Waals surface area contributed by atoms with Crippen LogP contribution in [0.5, 0.6) is 0 Å². The lowest BCUT2D eigenvalue weighted by molar-refractivity contribution is -0.163. The van der Waals surface area contributed by atoms with E-state index in [0.717, 1.165) is 50.3 Å². The first-order valence-electron chi connectivity index (χ1n) is 26.8. The van der Waals surface area contributed by atoms with Crippen LogP contribution >= 0.6 is 47.4 Å². The van der Waals surface area contributed by atoms with E-state index in [1.54, 1.807) is 36.0 Å². The number of imidazole rings is 1. The van der Waals surface area contributed by atoms with E-state index in [1.165, 1.54) is 29.2 Å². The third-order valence-electron chi connectivity index (χ3n) is 15.0. The Balaban J connectivity index is 0.000000246. The second-order valence-electron chi connectivity index (χ2n) is 20.3. The summed E-state index contributed by atoms with van der Waals surface area (Å²) in [5, 5.41) is 8.75. The molecule has 0 spiro atoms. The first-order chi connectivity index (χ1) is 38.5. The van der Waals surface area contributed by atoms with Crippen LogP contribution in [0.25, 0.3) is 11.2 Å². The van der Waals surface area contributed by atoms with Gasteiger partial charge in [0.25, 0.3) is 0 Å². The normalized spacial score (nSPS) is 22.7. The van der Waals surface area contributed by atoms with Crippen LogP contribution < -0.4 is 21.6 Å². The average molecular weight is 1320 g/mol. The van der Waals surface area contributed by atoms with Gasteiger partial charge in [-0.25, -0.2) is 41.9 Å². The van der Waals surface area contributed by atoms with Crippen LogP contribution in [0.2, 0.25) is 0 Å². The summed E-state index contributed by atoms with van der Waals surface area (Å²) in [5.41, 5.74) is 0.702. The van der Waals surface area contributed by atoms with Crippen molar-refractivity contribution in [1.29, 1.82) is 0 Å². The van der Waals surface area contributed by atoms with Gasteiger partial charge < -0.3 is 30.2 Å². The van der Waals surface area contributed by atoms with E-state index in [9.17, 15) is 67.9 Å². The summed E-state index contributed by atoms with van der Waals surface area (Å²) in [5.74, 6) is -7.19. The number of halogens is 13. The molecule has 5 atom stereocenters. The predicted octanol–water partition coefficient (Wildman–Crippen LogP) is 9.90. The molecule has 29 heteroatoms. The molecule has 1 unspecified atom stereocenters. The minimum atomic E-state index is -4.72. The number of aliphatic imine (C=N–C) groups is 1. The summed E-state index contributed by atoms with van der Waals surface area (Å²) < 4.78 is 141. The molecule has 2 aromatic carbocycles. The largest absolute Gasteiger partial charge is 0.406 e. The van der Waals surface area contributed by atoms with Crippen molar-refractivity contribution < 1.29 is 64.5 Å². The van der Waals surface area contributed by atoms with Gasteiger partial charge in [-0.1, -0.05) is 59.9 Å². The molecule has 6 aliphatic rings. The SMILES string of the molecule is C[C@@H]1CC[C@@H](c2cccc(F)c2F)CN(CC(F)(F)F)C1=O.Cl.Cl.O=C(N[C@@H]1CC[C@@H](c2cccc(F)c2F)CN(CC(F)(F)F)C1=O)N1CCC(n2c(=O)[nH]c3ncccc32)CC1.O=C1NC2=NC=CCC2N1C1CCNCC1.[2H]CI. The van der Waals surface area contributed by atoms with Gasteiger partial charge in [-0.3, -0.25) is 24.5 Å². The number of amides is 6. The minimum absolute atomic E-state index is 0. The molecule has 452 valence electrons. The summed E-state index contributed by atoms with van der Waals surface area (Å²) in [4.78, 5) is 78.9. The lowest BCUT2D eigenvalue weighted by Crippen LogP contribution is -2.54. The molecule has 8 heterocycles. The molecule has 4 aromatic rings. The molecule has 16 nitrogen and oxygen atoms in total. The topological polar surface area (TPSA) is 180 Å². The molecule has 5 fully saturated rings. The van der Waals surface area contributed by atoms with Gasteiger partial charge in [-0.05, 0) is 111 Å². The maximum atomic E-state index is 14.5. The fraction of sp³-hybridized carbons (Fsp3) is 0.528. The molecule has 5 saturated heterocycles. The minimum Gasteiger partial charge on any atom is -0.333 e. The molecular formula is C53H64Cl2F10IN11O5. The number of rotatable bonds is 7. The predicted molar refractivity (Wildman–Crippen MR) is 299 cm³/mol. The number of piperidine rings is 2. The van der Waals surface area contributed by atoms with Crippen molar-refractivity contribution in [3.8, 4) is 0 Å². The molecule has 6 amide bonds. The van der Waals surface area contributed by atoms with E-state index in [2.05, 4.69) is 30.9 Å². The van der Waals surface area contributed by atoms with Crippen molar-refractivity contribution in [2.24, 2.45) is 10.9 Å². The lowest BCUT2D eigenvalue weighted by Gasteiger charge is -2.34. The summed E-state index contributed by atoms with van der Waals surface area (Å²) >= 11 is 1.96. The smallest absolute Gasteiger partial charge is 0.333 e. The standard InChI is InChI=1S/C26H27F5N6O3.C15H16F5NO.C11H16N4O.CH3I.2ClH/c27-18-4-1-3-17(21(18)28)15-6-7-19(23(38)36(13-15)14-26(29,30)31)33-24(39)35-11-8-16(9-12-35)37-20-5-2-10-32-22(20)34-25(37)40;1-9-5-6-10(11-3-2-4-12(16)13(11)17)7-21(14(9)22)8-15(18,19)20;16-11-14-10-9(2-1-5-13-10)15(11)8-3-6-12-7-4-8;1-2;;/h1-5,10,15-16,19H,6-9,11-14H2,(H,33,39)(H,32,34,40);2-4,9-10H,5-8H2,1H3;1,5,8-9,12H,2-4,6-7H2,(H,13,14,16);1H3;2*1H/t15-,19-;9-,10-;;;;/m11..../s1/i;;;1D;;. The van der Waals surface area contributed by atoms with E-state index in [0.29, 0.717) is 57.6 Å². The van der Waals surface area contributed by atoms with Crippen molar-refractivity contribution in [3.63, 3.8) is 0 Å². The Morgan fingerprint density at radius 2 is 1.32 bits per heavy atom. The third-order valence-corrected chi connectivity index (χ3v) is 15.0. The number of amidine groups is 1. The molecule has 6 aliphatic heterocycles. The van der Waals surface area contributed by atoms with Crippen molar-refractivity contribution in [1.82, 2.24) is 50.1 Å². The number of fused-ring (bicyclic) bond motifs is 2. The summed E-state index contributed by atoms with van der Waals surface area (Å²) in [6.07, 6.45) is 0.668. The number of hydrogen-bond acceptors (Lipinski definition) is 8. The van der Waals surface area contributed by atoms with E-state index < -0.39 is 96.9 Å². The zero-order chi connectivity index (χ0) is 58.8. The Morgan fingerprint density at radius 1 is 0.756 bits per heavy atom. The molecule has 4 N–H and O–H groups in total. The molecule has 0 aliphatic carbocycles. The molecule has 82 heavy (non-hydrogen) atoms. The lowest BCUT2D eigenvalue weighted by atomic mass is 9.92. The van der Waals surface area contributed by atoms with Crippen LogP contribution in [0.1, 0.15) is 95.1 Å². The second kappa shape index (κ2) is 29.7. The van der Waals surface area contributed by atoms with E-state index in [-0.39, 0.29) is 92.2 Å². The zero-order valence-corrected chi connectivity index (χ0v) is 48.1. The molecule has 0 radical (unpaired) electrons.